The van der Waals surface area contributed by atoms with E-state index in [4.69, 9.17) is 11.6 Å². The molecule has 23 heavy (non-hydrogen) atoms. The molecule has 3 N–H and O–H groups in total. The topological polar surface area (TPSA) is 82.5 Å². The number of pyridine rings is 1. The molecule has 116 valence electrons. The lowest BCUT2D eigenvalue weighted by atomic mass is 10.1. The molecule has 3 rings (SSSR count). The van der Waals surface area contributed by atoms with Crippen LogP contribution < -0.4 is 5.32 Å². The molecule has 3 aromatic rings. The van der Waals surface area contributed by atoms with Crippen LogP contribution in [0.4, 0.5) is 5.69 Å². The van der Waals surface area contributed by atoms with Crippen LogP contribution in [0, 0.1) is 0 Å². The lowest BCUT2D eigenvalue weighted by Gasteiger charge is -2.15. The molecule has 5 nitrogen and oxygen atoms in total. The zero-order valence-electron chi connectivity index (χ0n) is 11.9. The Labute approximate surface area is 137 Å². The number of benzene rings is 2. The number of ketones is 1. The number of Topliss-reactive ketones (excluding diaryl/α,β-unsaturated/α-hetero) is 1. The Kier molecular flexibility index (Phi) is 4.14. The Morgan fingerprint density at radius 1 is 1.17 bits per heavy atom. The number of halogens is 1. The minimum absolute atomic E-state index is 0.124. The van der Waals surface area contributed by atoms with Gasteiger partial charge in [-0.2, -0.15) is 0 Å². The van der Waals surface area contributed by atoms with E-state index in [-0.39, 0.29) is 17.0 Å². The molecule has 0 saturated carbocycles. The standard InChI is InChI=1S/C17H13ClN2O3/c18-12-5-1-3-11(9-12)15(21)17(23)20-13-7-6-10-4-2-8-19-14(10)16(13)22/h1-9,17,20,22-23H/t17-/m0/s1. The van der Waals surface area contributed by atoms with Crippen LogP contribution in [0.1, 0.15) is 10.4 Å². The zero-order valence-corrected chi connectivity index (χ0v) is 12.7. The summed E-state index contributed by atoms with van der Waals surface area (Å²) in [5, 5.41) is 24.1. The van der Waals surface area contributed by atoms with E-state index in [2.05, 4.69) is 10.3 Å². The van der Waals surface area contributed by atoms with Crippen molar-refractivity contribution >= 4 is 34.0 Å². The highest BCUT2D eigenvalue weighted by Gasteiger charge is 2.19. The van der Waals surface area contributed by atoms with Crippen LogP contribution in [-0.4, -0.2) is 27.2 Å². The van der Waals surface area contributed by atoms with E-state index >= 15 is 0 Å². The van der Waals surface area contributed by atoms with Gasteiger partial charge in [0.25, 0.3) is 0 Å². The van der Waals surface area contributed by atoms with Crippen molar-refractivity contribution in [3.63, 3.8) is 0 Å². The molecule has 1 heterocycles. The number of aliphatic hydroxyl groups is 1. The van der Waals surface area contributed by atoms with Crippen LogP contribution >= 0.6 is 11.6 Å². The maximum absolute atomic E-state index is 12.2. The van der Waals surface area contributed by atoms with E-state index in [0.29, 0.717) is 10.5 Å². The third-order valence-corrected chi connectivity index (χ3v) is 3.63. The molecule has 0 amide bonds. The molecule has 0 fully saturated rings. The van der Waals surface area contributed by atoms with Crippen LogP contribution in [0.3, 0.4) is 0 Å². The molecule has 0 aliphatic rings. The minimum Gasteiger partial charge on any atom is -0.504 e. The number of rotatable bonds is 4. The van der Waals surface area contributed by atoms with Gasteiger partial charge in [-0.15, -0.1) is 0 Å². The lowest BCUT2D eigenvalue weighted by Crippen LogP contribution is -2.29. The van der Waals surface area contributed by atoms with Crippen molar-refractivity contribution < 1.29 is 15.0 Å². The van der Waals surface area contributed by atoms with E-state index in [0.717, 1.165) is 5.39 Å². The van der Waals surface area contributed by atoms with Gasteiger partial charge >= 0.3 is 0 Å². The second-order valence-corrected chi connectivity index (χ2v) is 5.39. The van der Waals surface area contributed by atoms with Crippen LogP contribution in [0.25, 0.3) is 10.9 Å². The summed E-state index contributed by atoms with van der Waals surface area (Å²) in [7, 11) is 0. The maximum atomic E-state index is 12.2. The molecule has 0 unspecified atom stereocenters. The summed E-state index contributed by atoms with van der Waals surface area (Å²) in [6.45, 7) is 0. The Morgan fingerprint density at radius 3 is 2.78 bits per heavy atom. The number of carbonyl (C=O) groups excluding carboxylic acids is 1. The monoisotopic (exact) mass is 328 g/mol. The number of carbonyl (C=O) groups is 1. The number of phenols is 1. The fourth-order valence-electron chi connectivity index (χ4n) is 2.26. The number of hydrogen-bond acceptors (Lipinski definition) is 5. The summed E-state index contributed by atoms with van der Waals surface area (Å²) < 4.78 is 0. The summed E-state index contributed by atoms with van der Waals surface area (Å²) in [6.07, 6.45) is 0.0415. The molecule has 0 spiro atoms. The second-order valence-electron chi connectivity index (χ2n) is 4.96. The first-order valence-corrected chi connectivity index (χ1v) is 7.25. The van der Waals surface area contributed by atoms with Crippen LogP contribution in [0.5, 0.6) is 5.75 Å². The van der Waals surface area contributed by atoms with Crippen molar-refractivity contribution in [2.45, 2.75) is 6.23 Å². The molecule has 2 aromatic carbocycles. The van der Waals surface area contributed by atoms with E-state index in [1.54, 1.807) is 48.7 Å². The first kappa shape index (κ1) is 15.3. The first-order valence-electron chi connectivity index (χ1n) is 6.87. The van der Waals surface area contributed by atoms with Gasteiger partial charge in [-0.3, -0.25) is 9.78 Å². The summed E-state index contributed by atoms with van der Waals surface area (Å²) in [6, 6.07) is 13.2. The molecular weight excluding hydrogens is 316 g/mol. The lowest BCUT2D eigenvalue weighted by molar-refractivity contribution is 0.0793. The van der Waals surface area contributed by atoms with Gasteiger partial charge in [-0.25, -0.2) is 0 Å². The van der Waals surface area contributed by atoms with Crippen LogP contribution in [0.15, 0.2) is 54.7 Å². The molecule has 0 aliphatic heterocycles. The number of phenolic OH excluding ortho intramolecular Hbond substituents is 1. The predicted octanol–water partition coefficient (Wildman–Crippen LogP) is 3.21. The molecule has 1 atom stereocenters. The van der Waals surface area contributed by atoms with Crippen molar-refractivity contribution in [1.82, 2.24) is 4.98 Å². The second kappa shape index (κ2) is 6.24. The predicted molar refractivity (Wildman–Crippen MR) is 88.8 cm³/mol. The van der Waals surface area contributed by atoms with Crippen molar-refractivity contribution in [2.75, 3.05) is 5.32 Å². The molecule has 6 heteroatoms. The molecule has 1 aromatic heterocycles. The highest BCUT2D eigenvalue weighted by Crippen LogP contribution is 2.31. The SMILES string of the molecule is O=C(c1cccc(Cl)c1)[C@H](O)Nc1ccc2cccnc2c1O. The molecular formula is C17H13ClN2O3. The third-order valence-electron chi connectivity index (χ3n) is 3.40. The van der Waals surface area contributed by atoms with E-state index < -0.39 is 12.0 Å². The smallest absolute Gasteiger partial charge is 0.211 e. The van der Waals surface area contributed by atoms with Crippen LogP contribution in [-0.2, 0) is 0 Å². The van der Waals surface area contributed by atoms with Crippen molar-refractivity contribution in [1.29, 1.82) is 0 Å². The quantitative estimate of drug-likeness (QED) is 0.389. The average Bonchev–Trinajstić information content (AvgIpc) is 2.57. The summed E-state index contributed by atoms with van der Waals surface area (Å²) in [5.74, 6) is -0.672. The van der Waals surface area contributed by atoms with Gasteiger partial charge in [-0.05, 0) is 24.3 Å². The number of nitrogens with one attached hydrogen (secondary N) is 1. The van der Waals surface area contributed by atoms with Gasteiger partial charge < -0.3 is 15.5 Å². The van der Waals surface area contributed by atoms with Gasteiger partial charge in [-0.1, -0.05) is 35.9 Å². The van der Waals surface area contributed by atoms with Gasteiger partial charge in [0.2, 0.25) is 5.78 Å². The van der Waals surface area contributed by atoms with E-state index in [9.17, 15) is 15.0 Å². The number of aromatic hydroxyl groups is 1. The maximum Gasteiger partial charge on any atom is 0.211 e. The highest BCUT2D eigenvalue weighted by atomic mass is 35.5. The number of anilines is 1. The fourth-order valence-corrected chi connectivity index (χ4v) is 2.45. The Bertz CT molecular complexity index is 883. The number of hydrogen-bond donors (Lipinski definition) is 3. The average molecular weight is 329 g/mol. The fraction of sp³-hybridized carbons (Fsp3) is 0.0588. The van der Waals surface area contributed by atoms with Gasteiger partial charge in [0.05, 0.1) is 5.69 Å². The Morgan fingerprint density at radius 2 is 2.00 bits per heavy atom. The van der Waals surface area contributed by atoms with Gasteiger partial charge in [0, 0.05) is 22.2 Å². The van der Waals surface area contributed by atoms with E-state index in [1.807, 2.05) is 0 Å². The summed E-state index contributed by atoms with van der Waals surface area (Å²) >= 11 is 5.84. The highest BCUT2D eigenvalue weighted by molar-refractivity contribution is 6.31. The van der Waals surface area contributed by atoms with Gasteiger partial charge in [0.1, 0.15) is 5.52 Å². The number of fused-ring (bicyclic) bond motifs is 1. The summed E-state index contributed by atoms with van der Waals surface area (Å²) in [5.41, 5.74) is 0.884. The number of nitrogens with zero attached hydrogens (tertiary/aromatic N) is 1. The van der Waals surface area contributed by atoms with Crippen LogP contribution in [0.2, 0.25) is 5.02 Å². The Balaban J connectivity index is 1.86. The first-order chi connectivity index (χ1) is 11.1. The minimum atomic E-state index is -1.51. The largest absolute Gasteiger partial charge is 0.504 e. The number of aliphatic hydroxyl groups excluding tert-OH is 1. The molecule has 0 radical (unpaired) electrons. The summed E-state index contributed by atoms with van der Waals surface area (Å²) in [4.78, 5) is 16.3. The molecule has 0 saturated heterocycles. The van der Waals surface area contributed by atoms with Crippen molar-refractivity contribution in [3.8, 4) is 5.75 Å². The Hall–Kier alpha value is -2.63. The van der Waals surface area contributed by atoms with E-state index in [1.165, 1.54) is 6.07 Å². The van der Waals surface area contributed by atoms with Crippen molar-refractivity contribution in [3.05, 3.63) is 65.3 Å². The zero-order chi connectivity index (χ0) is 16.4. The normalized spacial score (nSPS) is 12.1. The van der Waals surface area contributed by atoms with Gasteiger partial charge in [0.15, 0.2) is 12.0 Å². The molecule has 0 aliphatic carbocycles. The number of aromatic nitrogens is 1. The molecule has 0 bridgehead atoms. The third kappa shape index (κ3) is 3.11. The van der Waals surface area contributed by atoms with Crippen molar-refractivity contribution in [2.24, 2.45) is 0 Å².